The van der Waals surface area contributed by atoms with Crippen LogP contribution in [0.4, 0.5) is 0 Å². The standard InChI is InChI=1S/C23H28O7S/c1-16-10-12-18(13-11-16)31(24,25)29-20-19(15-26-14-17-8-6-5-7-9-17)27-21-23(20,4)30-22(2,3)28-21/h5-13,19-21H,14-15H2,1-4H3/t19-,20+,21+,23+/m0/s1. The number of ether oxygens (including phenoxy) is 4. The highest BCUT2D eigenvalue weighted by Crippen LogP contribution is 2.47. The molecule has 7 nitrogen and oxygen atoms in total. The molecule has 2 aromatic carbocycles. The van der Waals surface area contributed by atoms with Crippen molar-refractivity contribution in [3.63, 3.8) is 0 Å². The Morgan fingerprint density at radius 2 is 1.68 bits per heavy atom. The van der Waals surface area contributed by atoms with E-state index >= 15 is 0 Å². The van der Waals surface area contributed by atoms with E-state index in [0.717, 1.165) is 11.1 Å². The van der Waals surface area contributed by atoms with E-state index in [-0.39, 0.29) is 11.5 Å². The average molecular weight is 449 g/mol. The van der Waals surface area contributed by atoms with E-state index in [2.05, 4.69) is 0 Å². The van der Waals surface area contributed by atoms with Crippen LogP contribution < -0.4 is 0 Å². The number of hydrogen-bond donors (Lipinski definition) is 0. The third-order valence-electron chi connectivity index (χ3n) is 5.46. The Bertz CT molecular complexity index is 1000. The Morgan fingerprint density at radius 1 is 1.00 bits per heavy atom. The van der Waals surface area contributed by atoms with Crippen LogP contribution in [0.1, 0.15) is 31.9 Å². The highest BCUT2D eigenvalue weighted by atomic mass is 32.2. The molecule has 0 bridgehead atoms. The van der Waals surface area contributed by atoms with Crippen LogP contribution in [0.25, 0.3) is 0 Å². The van der Waals surface area contributed by atoms with E-state index in [9.17, 15) is 8.42 Å². The van der Waals surface area contributed by atoms with Crippen molar-refractivity contribution >= 4 is 10.1 Å². The highest BCUT2D eigenvalue weighted by Gasteiger charge is 2.65. The maximum absolute atomic E-state index is 13.0. The minimum atomic E-state index is -4.06. The van der Waals surface area contributed by atoms with E-state index in [0.29, 0.717) is 6.61 Å². The molecule has 31 heavy (non-hydrogen) atoms. The van der Waals surface area contributed by atoms with E-state index in [1.165, 1.54) is 12.1 Å². The fraction of sp³-hybridized carbons (Fsp3) is 0.478. The van der Waals surface area contributed by atoms with E-state index in [4.69, 9.17) is 23.1 Å². The molecule has 0 radical (unpaired) electrons. The summed E-state index contributed by atoms with van der Waals surface area (Å²) in [7, 11) is -4.06. The zero-order valence-electron chi connectivity index (χ0n) is 18.1. The Morgan fingerprint density at radius 3 is 2.35 bits per heavy atom. The molecule has 0 amide bonds. The molecule has 2 saturated heterocycles. The molecule has 4 atom stereocenters. The molecule has 2 aliphatic rings. The van der Waals surface area contributed by atoms with Crippen molar-refractivity contribution in [2.75, 3.05) is 6.61 Å². The normalized spacial score (nSPS) is 29.7. The third kappa shape index (κ3) is 4.69. The van der Waals surface area contributed by atoms with Gasteiger partial charge in [-0.25, -0.2) is 0 Å². The lowest BCUT2D eigenvalue weighted by atomic mass is 9.98. The van der Waals surface area contributed by atoms with Gasteiger partial charge in [-0.3, -0.25) is 4.18 Å². The van der Waals surface area contributed by atoms with Crippen molar-refractivity contribution in [2.45, 2.75) is 69.1 Å². The third-order valence-corrected chi connectivity index (χ3v) is 6.77. The number of fused-ring (bicyclic) bond motifs is 1. The highest BCUT2D eigenvalue weighted by molar-refractivity contribution is 7.86. The number of rotatable bonds is 7. The number of benzene rings is 2. The quantitative estimate of drug-likeness (QED) is 0.599. The van der Waals surface area contributed by atoms with Crippen LogP contribution in [0, 0.1) is 6.92 Å². The van der Waals surface area contributed by atoms with Crippen LogP contribution in [0.5, 0.6) is 0 Å². The largest absolute Gasteiger partial charge is 0.374 e. The van der Waals surface area contributed by atoms with Gasteiger partial charge in [-0.15, -0.1) is 0 Å². The summed E-state index contributed by atoms with van der Waals surface area (Å²) in [4.78, 5) is 0.0762. The van der Waals surface area contributed by atoms with Gasteiger partial charge in [-0.05, 0) is 45.4 Å². The molecule has 0 unspecified atom stereocenters. The molecule has 0 aromatic heterocycles. The Hall–Kier alpha value is -1.81. The minimum absolute atomic E-state index is 0.0762. The lowest BCUT2D eigenvalue weighted by molar-refractivity contribution is -0.222. The average Bonchev–Trinajstić information content (AvgIpc) is 3.08. The SMILES string of the molecule is Cc1ccc(S(=O)(=O)O[C@@H]2[C@H](COCc3ccccc3)O[C@@H]3OC(C)(C)O[C@@]32C)cc1. The van der Waals surface area contributed by atoms with E-state index in [1.807, 2.05) is 37.3 Å². The topological polar surface area (TPSA) is 80.3 Å². The minimum Gasteiger partial charge on any atom is -0.374 e. The molecular weight excluding hydrogens is 420 g/mol. The predicted molar refractivity (Wildman–Crippen MR) is 113 cm³/mol. The van der Waals surface area contributed by atoms with Gasteiger partial charge in [0.15, 0.2) is 12.1 Å². The summed E-state index contributed by atoms with van der Waals surface area (Å²) >= 11 is 0. The van der Waals surface area contributed by atoms with Gasteiger partial charge in [-0.2, -0.15) is 8.42 Å². The van der Waals surface area contributed by atoms with Crippen LogP contribution in [-0.4, -0.2) is 44.9 Å². The smallest absolute Gasteiger partial charge is 0.297 e. The number of aryl methyl sites for hydroxylation is 1. The van der Waals surface area contributed by atoms with Gasteiger partial charge in [0.05, 0.1) is 18.1 Å². The Balaban J connectivity index is 1.54. The maximum Gasteiger partial charge on any atom is 0.297 e. The lowest BCUT2D eigenvalue weighted by Crippen LogP contribution is -2.48. The van der Waals surface area contributed by atoms with E-state index < -0.39 is 40.0 Å². The molecule has 8 heteroatoms. The summed E-state index contributed by atoms with van der Waals surface area (Å²) in [6.07, 6.45) is -2.40. The van der Waals surface area contributed by atoms with Crippen molar-refractivity contribution in [3.05, 3.63) is 65.7 Å². The molecule has 0 spiro atoms. The molecule has 4 rings (SSSR count). The van der Waals surface area contributed by atoms with Gasteiger partial charge in [0, 0.05) is 0 Å². The fourth-order valence-electron chi connectivity index (χ4n) is 3.98. The molecule has 2 heterocycles. The van der Waals surface area contributed by atoms with Gasteiger partial charge in [0.1, 0.15) is 17.8 Å². The van der Waals surface area contributed by atoms with Crippen molar-refractivity contribution in [3.8, 4) is 0 Å². The van der Waals surface area contributed by atoms with Crippen molar-refractivity contribution < 1.29 is 31.5 Å². The van der Waals surface area contributed by atoms with Gasteiger partial charge in [-0.1, -0.05) is 48.0 Å². The zero-order valence-corrected chi connectivity index (χ0v) is 18.9. The molecule has 2 aliphatic heterocycles. The van der Waals surface area contributed by atoms with E-state index in [1.54, 1.807) is 32.9 Å². The van der Waals surface area contributed by atoms with Crippen molar-refractivity contribution in [1.29, 1.82) is 0 Å². The van der Waals surface area contributed by atoms with Gasteiger partial charge >= 0.3 is 0 Å². The first kappa shape index (κ1) is 22.4. The first-order chi connectivity index (χ1) is 14.6. The van der Waals surface area contributed by atoms with Crippen LogP contribution in [-0.2, 0) is 39.9 Å². The summed E-state index contributed by atoms with van der Waals surface area (Å²) in [5.74, 6) is -0.926. The monoisotopic (exact) mass is 448 g/mol. The molecule has 0 N–H and O–H groups in total. The van der Waals surface area contributed by atoms with Crippen LogP contribution >= 0.6 is 0 Å². The second-order valence-electron chi connectivity index (χ2n) is 8.59. The molecule has 2 fully saturated rings. The Kier molecular flexibility index (Phi) is 5.97. The molecular formula is C23H28O7S. The molecule has 168 valence electrons. The van der Waals surface area contributed by atoms with Crippen LogP contribution in [0.15, 0.2) is 59.5 Å². The summed E-state index contributed by atoms with van der Waals surface area (Å²) in [6.45, 7) is 7.65. The second-order valence-corrected chi connectivity index (χ2v) is 10.2. The Labute approximate surface area is 183 Å². The first-order valence-electron chi connectivity index (χ1n) is 10.2. The molecule has 0 saturated carbocycles. The number of hydrogen-bond acceptors (Lipinski definition) is 7. The summed E-state index contributed by atoms with van der Waals surface area (Å²) < 4.78 is 55.5. The summed E-state index contributed by atoms with van der Waals surface area (Å²) in [5, 5.41) is 0. The zero-order chi connectivity index (χ0) is 22.3. The maximum atomic E-state index is 13.0. The molecule has 2 aromatic rings. The predicted octanol–water partition coefficient (Wildman–Crippen LogP) is 3.55. The lowest BCUT2D eigenvalue weighted by Gasteiger charge is -2.31. The van der Waals surface area contributed by atoms with Gasteiger partial charge in [0.25, 0.3) is 10.1 Å². The van der Waals surface area contributed by atoms with Gasteiger partial charge in [0.2, 0.25) is 0 Å². The summed E-state index contributed by atoms with van der Waals surface area (Å²) in [5.41, 5.74) is 0.851. The fourth-order valence-corrected chi connectivity index (χ4v) is 5.15. The molecule has 0 aliphatic carbocycles. The van der Waals surface area contributed by atoms with Crippen molar-refractivity contribution in [1.82, 2.24) is 0 Å². The first-order valence-corrected chi connectivity index (χ1v) is 11.6. The summed E-state index contributed by atoms with van der Waals surface area (Å²) in [6, 6.07) is 16.2. The van der Waals surface area contributed by atoms with Crippen LogP contribution in [0.2, 0.25) is 0 Å². The van der Waals surface area contributed by atoms with Crippen LogP contribution in [0.3, 0.4) is 0 Å². The van der Waals surface area contributed by atoms with Crippen molar-refractivity contribution in [2.24, 2.45) is 0 Å². The second kappa shape index (κ2) is 8.27. The van der Waals surface area contributed by atoms with Gasteiger partial charge < -0.3 is 18.9 Å².